The first-order chi connectivity index (χ1) is 8.16. The molecule has 86 valence electrons. The van der Waals surface area contributed by atoms with Crippen LogP contribution in [0.3, 0.4) is 0 Å². The summed E-state index contributed by atoms with van der Waals surface area (Å²) >= 11 is 1.42. The Kier molecular flexibility index (Phi) is 3.10. The monoisotopic (exact) mass is 248 g/mol. The van der Waals surface area contributed by atoms with E-state index in [2.05, 4.69) is 9.98 Å². The van der Waals surface area contributed by atoms with E-state index in [1.807, 2.05) is 0 Å². The Balaban J connectivity index is 2.24. The number of nitrogens with two attached hydrogens (primary N) is 1. The molecule has 0 saturated heterocycles. The minimum Gasteiger partial charge on any atom is -0.382 e. The van der Waals surface area contributed by atoms with Crippen molar-refractivity contribution in [2.75, 3.05) is 0 Å². The second kappa shape index (κ2) is 4.71. The van der Waals surface area contributed by atoms with Crippen LogP contribution in [0.1, 0.15) is 5.69 Å². The molecule has 2 aromatic rings. The van der Waals surface area contributed by atoms with Gasteiger partial charge in [0, 0.05) is 17.5 Å². The number of aliphatic imine (C=N–C) groups is 1. The van der Waals surface area contributed by atoms with Crippen molar-refractivity contribution in [2.45, 2.75) is 0 Å². The molecule has 0 amide bonds. The molecule has 0 saturated carbocycles. The molecule has 1 heterocycles. The Morgan fingerprint density at radius 3 is 2.65 bits per heavy atom. The Morgan fingerprint density at radius 2 is 2.12 bits per heavy atom. The maximum atomic E-state index is 10.5. The van der Waals surface area contributed by atoms with Gasteiger partial charge in [-0.2, -0.15) is 0 Å². The van der Waals surface area contributed by atoms with Gasteiger partial charge in [0.25, 0.3) is 5.69 Å². The van der Waals surface area contributed by atoms with E-state index in [-0.39, 0.29) is 5.69 Å². The number of nitro groups is 1. The standard InChI is InChI=1S/C10H8N4O2S/c11-10(9-5-17-6-12-9)13-7-1-3-8(4-2-7)14(15)16/h1-6H,(H2,11,13). The third kappa shape index (κ3) is 2.64. The Labute approximate surface area is 101 Å². The van der Waals surface area contributed by atoms with Gasteiger partial charge in [0.1, 0.15) is 5.69 Å². The average molecular weight is 248 g/mol. The van der Waals surface area contributed by atoms with Crippen LogP contribution in [0.4, 0.5) is 11.4 Å². The lowest BCUT2D eigenvalue weighted by Gasteiger charge is -1.97. The predicted octanol–water partition coefficient (Wildman–Crippen LogP) is 2.09. The minimum absolute atomic E-state index is 0.0242. The molecule has 0 aliphatic rings. The van der Waals surface area contributed by atoms with E-state index < -0.39 is 4.92 Å². The van der Waals surface area contributed by atoms with Crippen LogP contribution in [0.2, 0.25) is 0 Å². The van der Waals surface area contributed by atoms with Gasteiger partial charge in [-0.1, -0.05) is 0 Å². The quantitative estimate of drug-likeness (QED) is 0.389. The summed E-state index contributed by atoms with van der Waals surface area (Å²) < 4.78 is 0. The number of rotatable bonds is 3. The van der Waals surface area contributed by atoms with Crippen LogP contribution in [0.15, 0.2) is 40.1 Å². The highest BCUT2D eigenvalue weighted by Gasteiger charge is 2.04. The molecule has 0 fully saturated rings. The Bertz CT molecular complexity index is 548. The topological polar surface area (TPSA) is 94.4 Å². The van der Waals surface area contributed by atoms with Crippen molar-refractivity contribution in [2.24, 2.45) is 10.7 Å². The molecule has 0 aliphatic carbocycles. The number of nitro benzene ring substituents is 1. The van der Waals surface area contributed by atoms with E-state index in [9.17, 15) is 10.1 Å². The van der Waals surface area contributed by atoms with Crippen LogP contribution >= 0.6 is 11.3 Å². The van der Waals surface area contributed by atoms with Crippen LogP contribution in [-0.2, 0) is 0 Å². The average Bonchev–Trinajstić information content (AvgIpc) is 2.83. The summed E-state index contributed by atoms with van der Waals surface area (Å²) in [5, 5.41) is 12.2. The summed E-state index contributed by atoms with van der Waals surface area (Å²) in [5.74, 6) is 0.292. The van der Waals surface area contributed by atoms with Crippen LogP contribution < -0.4 is 5.73 Å². The molecule has 0 atom stereocenters. The zero-order chi connectivity index (χ0) is 12.3. The number of aromatic nitrogens is 1. The summed E-state index contributed by atoms with van der Waals surface area (Å²) in [4.78, 5) is 18.1. The van der Waals surface area contributed by atoms with E-state index in [1.165, 1.54) is 35.6 Å². The van der Waals surface area contributed by atoms with Crippen LogP contribution in [0, 0.1) is 10.1 Å². The first-order valence-corrected chi connectivity index (χ1v) is 5.58. The lowest BCUT2D eigenvalue weighted by atomic mass is 10.3. The zero-order valence-electron chi connectivity index (χ0n) is 8.61. The largest absolute Gasteiger partial charge is 0.382 e. The molecular formula is C10H8N4O2S. The lowest BCUT2D eigenvalue weighted by molar-refractivity contribution is -0.384. The molecule has 2 N–H and O–H groups in total. The fraction of sp³-hybridized carbons (Fsp3) is 0. The number of benzene rings is 1. The van der Waals surface area contributed by atoms with Crippen LogP contribution in [0.25, 0.3) is 0 Å². The SMILES string of the molecule is NC(=Nc1ccc([N+](=O)[O-])cc1)c1cscn1. The van der Waals surface area contributed by atoms with Crippen molar-refractivity contribution >= 4 is 28.5 Å². The van der Waals surface area contributed by atoms with Gasteiger partial charge in [0.15, 0.2) is 5.84 Å². The Morgan fingerprint density at radius 1 is 1.41 bits per heavy atom. The van der Waals surface area contributed by atoms with Crippen LogP contribution in [0.5, 0.6) is 0 Å². The van der Waals surface area contributed by atoms with Crippen molar-refractivity contribution in [1.82, 2.24) is 4.98 Å². The molecule has 0 aliphatic heterocycles. The minimum atomic E-state index is -0.461. The lowest BCUT2D eigenvalue weighted by Crippen LogP contribution is -2.12. The molecule has 7 heteroatoms. The van der Waals surface area contributed by atoms with Crippen molar-refractivity contribution in [3.63, 3.8) is 0 Å². The first-order valence-electron chi connectivity index (χ1n) is 4.64. The number of amidine groups is 1. The highest BCUT2D eigenvalue weighted by atomic mass is 32.1. The number of hydrogen-bond donors (Lipinski definition) is 1. The van der Waals surface area contributed by atoms with Crippen molar-refractivity contribution < 1.29 is 4.92 Å². The van der Waals surface area contributed by atoms with Crippen LogP contribution in [-0.4, -0.2) is 15.7 Å². The van der Waals surface area contributed by atoms with Crippen molar-refractivity contribution in [3.8, 4) is 0 Å². The third-order valence-electron chi connectivity index (χ3n) is 2.00. The number of nitrogens with zero attached hydrogens (tertiary/aromatic N) is 3. The highest BCUT2D eigenvalue weighted by Crippen LogP contribution is 2.18. The molecular weight excluding hydrogens is 240 g/mol. The number of hydrogen-bond acceptors (Lipinski definition) is 5. The van der Waals surface area contributed by atoms with Crippen molar-refractivity contribution in [1.29, 1.82) is 0 Å². The summed E-state index contributed by atoms with van der Waals surface area (Å²) in [7, 11) is 0. The van der Waals surface area contributed by atoms with E-state index in [4.69, 9.17) is 5.73 Å². The molecule has 0 unspecified atom stereocenters. The predicted molar refractivity (Wildman–Crippen MR) is 65.6 cm³/mol. The van der Waals surface area contributed by atoms with Gasteiger partial charge in [0.2, 0.25) is 0 Å². The van der Waals surface area contributed by atoms with Gasteiger partial charge in [-0.25, -0.2) is 9.98 Å². The second-order valence-electron chi connectivity index (χ2n) is 3.14. The summed E-state index contributed by atoms with van der Waals surface area (Å²) in [6.07, 6.45) is 0. The molecule has 0 spiro atoms. The number of thiazole rings is 1. The van der Waals surface area contributed by atoms with E-state index in [0.717, 1.165) is 0 Å². The van der Waals surface area contributed by atoms with Gasteiger partial charge in [-0.05, 0) is 12.1 Å². The van der Waals surface area contributed by atoms with Gasteiger partial charge in [0.05, 0.1) is 16.1 Å². The maximum Gasteiger partial charge on any atom is 0.269 e. The fourth-order valence-corrected chi connectivity index (χ4v) is 1.73. The molecule has 0 radical (unpaired) electrons. The van der Waals surface area contributed by atoms with Gasteiger partial charge in [-0.3, -0.25) is 10.1 Å². The summed E-state index contributed by atoms with van der Waals surface area (Å²) in [5.41, 5.74) is 8.58. The van der Waals surface area contributed by atoms with E-state index in [0.29, 0.717) is 17.2 Å². The van der Waals surface area contributed by atoms with Gasteiger partial charge >= 0.3 is 0 Å². The third-order valence-corrected chi connectivity index (χ3v) is 2.59. The van der Waals surface area contributed by atoms with Gasteiger partial charge in [-0.15, -0.1) is 11.3 Å². The molecule has 17 heavy (non-hydrogen) atoms. The van der Waals surface area contributed by atoms with E-state index >= 15 is 0 Å². The molecule has 6 nitrogen and oxygen atoms in total. The fourth-order valence-electron chi connectivity index (χ4n) is 1.18. The van der Waals surface area contributed by atoms with E-state index in [1.54, 1.807) is 10.9 Å². The zero-order valence-corrected chi connectivity index (χ0v) is 9.42. The maximum absolute atomic E-state index is 10.5. The first kappa shape index (κ1) is 11.2. The smallest absolute Gasteiger partial charge is 0.269 e. The highest BCUT2D eigenvalue weighted by molar-refractivity contribution is 7.07. The molecule has 2 rings (SSSR count). The molecule has 1 aromatic heterocycles. The van der Waals surface area contributed by atoms with Gasteiger partial charge < -0.3 is 5.73 Å². The van der Waals surface area contributed by atoms with Crippen molar-refractivity contribution in [3.05, 3.63) is 51.0 Å². The molecule has 1 aromatic carbocycles. The summed E-state index contributed by atoms with van der Waals surface area (Å²) in [6, 6.07) is 5.84. The summed E-state index contributed by atoms with van der Waals surface area (Å²) in [6.45, 7) is 0. The normalized spacial score (nSPS) is 11.4. The Hall–Kier alpha value is -2.28. The number of non-ortho nitro benzene ring substituents is 1. The molecule has 0 bridgehead atoms. The second-order valence-corrected chi connectivity index (χ2v) is 3.86.